The molecule has 7 nitrogen and oxygen atoms in total. The Kier molecular flexibility index (Phi) is 3.75. The van der Waals surface area contributed by atoms with E-state index in [0.29, 0.717) is 17.6 Å². The van der Waals surface area contributed by atoms with Crippen molar-refractivity contribution in [2.75, 3.05) is 31.6 Å². The van der Waals surface area contributed by atoms with Crippen molar-refractivity contribution in [1.82, 2.24) is 14.7 Å². The third-order valence-corrected chi connectivity index (χ3v) is 3.93. The fraction of sp³-hybridized carbons (Fsp3) is 0.750. The molecular weight excluding hydrogens is 246 g/mol. The molecule has 106 valence electrons. The maximum atomic E-state index is 11.2. The first kappa shape index (κ1) is 13.8. The quantitative estimate of drug-likeness (QED) is 0.605. The highest BCUT2D eigenvalue weighted by molar-refractivity contribution is 5.61. The number of aromatic nitrogens is 2. The van der Waals surface area contributed by atoms with Gasteiger partial charge >= 0.3 is 5.69 Å². The summed E-state index contributed by atoms with van der Waals surface area (Å²) in [5, 5.41) is 15.4. The van der Waals surface area contributed by atoms with Gasteiger partial charge in [-0.3, -0.25) is 10.1 Å². The highest BCUT2D eigenvalue weighted by Crippen LogP contribution is 2.33. The second-order valence-corrected chi connectivity index (χ2v) is 5.10. The number of nitro groups is 1. The van der Waals surface area contributed by atoms with Crippen molar-refractivity contribution in [2.45, 2.75) is 26.3 Å². The van der Waals surface area contributed by atoms with Crippen LogP contribution in [0.5, 0.6) is 0 Å². The number of nitrogens with zero attached hydrogens (tertiary/aromatic N) is 5. The van der Waals surface area contributed by atoms with Crippen molar-refractivity contribution in [3.63, 3.8) is 0 Å². The molecule has 1 aromatic rings. The Morgan fingerprint density at radius 1 is 1.58 bits per heavy atom. The Labute approximate surface area is 112 Å². The van der Waals surface area contributed by atoms with Crippen molar-refractivity contribution >= 4 is 11.5 Å². The summed E-state index contributed by atoms with van der Waals surface area (Å²) in [5.74, 6) is 0.634. The molecule has 1 unspecified atom stereocenters. The van der Waals surface area contributed by atoms with Gasteiger partial charge in [0.05, 0.1) is 4.92 Å². The Balaban J connectivity index is 2.27. The molecule has 2 rings (SSSR count). The zero-order valence-electron chi connectivity index (χ0n) is 12.0. The van der Waals surface area contributed by atoms with Crippen LogP contribution in [0.25, 0.3) is 0 Å². The molecule has 0 spiro atoms. The lowest BCUT2D eigenvalue weighted by atomic mass is 10.2. The Morgan fingerprint density at radius 2 is 2.26 bits per heavy atom. The fourth-order valence-electron chi connectivity index (χ4n) is 2.76. The highest BCUT2D eigenvalue weighted by atomic mass is 16.6. The first-order valence-corrected chi connectivity index (χ1v) is 6.58. The van der Waals surface area contributed by atoms with Gasteiger partial charge in [0.1, 0.15) is 5.69 Å². The minimum Gasteiger partial charge on any atom is -0.349 e. The number of hydrogen-bond acceptors (Lipinski definition) is 5. The molecule has 0 saturated carbocycles. The van der Waals surface area contributed by atoms with Crippen LogP contribution in [-0.4, -0.2) is 52.3 Å². The maximum absolute atomic E-state index is 11.2. The second-order valence-electron chi connectivity index (χ2n) is 5.10. The molecule has 2 heterocycles. The number of hydrogen-bond donors (Lipinski definition) is 0. The summed E-state index contributed by atoms with van der Waals surface area (Å²) in [5.41, 5.74) is 0.622. The van der Waals surface area contributed by atoms with Gasteiger partial charge in [-0.15, -0.1) is 0 Å². The van der Waals surface area contributed by atoms with E-state index >= 15 is 0 Å². The fourth-order valence-corrected chi connectivity index (χ4v) is 2.76. The summed E-state index contributed by atoms with van der Waals surface area (Å²) in [4.78, 5) is 15.2. The van der Waals surface area contributed by atoms with Crippen LogP contribution in [0.1, 0.15) is 19.0 Å². The summed E-state index contributed by atoms with van der Waals surface area (Å²) < 4.78 is 1.63. The normalized spacial score (nSPS) is 19.4. The third kappa shape index (κ3) is 2.42. The van der Waals surface area contributed by atoms with Crippen LogP contribution in [-0.2, 0) is 7.05 Å². The summed E-state index contributed by atoms with van der Waals surface area (Å²) in [6.45, 7) is 6.47. The van der Waals surface area contributed by atoms with Crippen molar-refractivity contribution in [1.29, 1.82) is 0 Å². The van der Waals surface area contributed by atoms with E-state index in [1.54, 1.807) is 18.7 Å². The lowest BCUT2D eigenvalue weighted by molar-refractivity contribution is -0.384. The van der Waals surface area contributed by atoms with E-state index in [-0.39, 0.29) is 10.6 Å². The Morgan fingerprint density at radius 3 is 2.84 bits per heavy atom. The number of aryl methyl sites for hydroxylation is 2. The molecule has 0 amide bonds. The van der Waals surface area contributed by atoms with E-state index in [9.17, 15) is 10.1 Å². The van der Waals surface area contributed by atoms with Crippen LogP contribution in [0.2, 0.25) is 0 Å². The first-order chi connectivity index (χ1) is 8.95. The average molecular weight is 267 g/mol. The smallest absolute Gasteiger partial charge is 0.333 e. The Hall–Kier alpha value is -1.63. The molecule has 0 aromatic carbocycles. The number of rotatable bonds is 4. The van der Waals surface area contributed by atoms with E-state index in [4.69, 9.17) is 0 Å². The van der Waals surface area contributed by atoms with Crippen LogP contribution in [0.3, 0.4) is 0 Å². The maximum Gasteiger partial charge on any atom is 0.333 e. The SMILES string of the molecule is CCN(C)C1CCN(c2c([N+](=O)[O-])c(C)nn2C)C1. The minimum atomic E-state index is -0.325. The van der Waals surface area contributed by atoms with E-state index in [1.165, 1.54) is 0 Å². The van der Waals surface area contributed by atoms with Crippen LogP contribution in [0, 0.1) is 17.0 Å². The molecule has 1 aromatic heterocycles. The lowest BCUT2D eigenvalue weighted by Crippen LogP contribution is -2.34. The van der Waals surface area contributed by atoms with Crippen LogP contribution < -0.4 is 4.90 Å². The van der Waals surface area contributed by atoms with Crippen molar-refractivity contribution in [2.24, 2.45) is 7.05 Å². The number of likely N-dealkylation sites (N-methyl/N-ethyl adjacent to an activating group) is 1. The molecule has 1 aliphatic heterocycles. The van der Waals surface area contributed by atoms with Gasteiger partial charge in [0.2, 0.25) is 5.82 Å². The molecule has 1 atom stereocenters. The molecule has 0 bridgehead atoms. The highest BCUT2D eigenvalue weighted by Gasteiger charge is 2.33. The van der Waals surface area contributed by atoms with Crippen LogP contribution in [0.15, 0.2) is 0 Å². The van der Waals surface area contributed by atoms with E-state index in [0.717, 1.165) is 26.1 Å². The predicted octanol–water partition coefficient (Wildman–Crippen LogP) is 1.17. The Bertz CT molecular complexity index is 485. The molecule has 0 radical (unpaired) electrons. The van der Waals surface area contributed by atoms with Gasteiger partial charge in [0.15, 0.2) is 0 Å². The van der Waals surface area contributed by atoms with Gasteiger partial charge in [0, 0.05) is 26.2 Å². The molecule has 1 saturated heterocycles. The predicted molar refractivity (Wildman–Crippen MR) is 73.5 cm³/mol. The molecule has 7 heteroatoms. The van der Waals surface area contributed by atoms with Crippen molar-refractivity contribution in [3.05, 3.63) is 15.8 Å². The van der Waals surface area contributed by atoms with E-state index in [2.05, 4.69) is 28.9 Å². The lowest BCUT2D eigenvalue weighted by Gasteiger charge is -2.23. The molecular formula is C12H21N5O2. The summed E-state index contributed by atoms with van der Waals surface area (Å²) in [6.07, 6.45) is 1.03. The zero-order valence-corrected chi connectivity index (χ0v) is 12.0. The molecule has 1 aliphatic rings. The summed E-state index contributed by atoms with van der Waals surface area (Å²) in [6, 6.07) is 0.458. The third-order valence-electron chi connectivity index (χ3n) is 3.93. The molecule has 1 fully saturated rings. The van der Waals surface area contributed by atoms with Gasteiger partial charge in [-0.2, -0.15) is 5.10 Å². The van der Waals surface area contributed by atoms with Gasteiger partial charge in [-0.1, -0.05) is 6.92 Å². The van der Waals surface area contributed by atoms with Crippen molar-refractivity contribution < 1.29 is 4.92 Å². The zero-order chi connectivity index (χ0) is 14.2. The molecule has 0 aliphatic carbocycles. The van der Waals surface area contributed by atoms with Crippen LogP contribution >= 0.6 is 0 Å². The molecule has 0 N–H and O–H groups in total. The van der Waals surface area contributed by atoms with Gasteiger partial charge < -0.3 is 9.80 Å². The van der Waals surface area contributed by atoms with Crippen LogP contribution in [0.4, 0.5) is 11.5 Å². The summed E-state index contributed by atoms with van der Waals surface area (Å²) >= 11 is 0. The second kappa shape index (κ2) is 5.16. The van der Waals surface area contributed by atoms with E-state index in [1.807, 2.05) is 0 Å². The largest absolute Gasteiger partial charge is 0.349 e. The number of anilines is 1. The van der Waals surface area contributed by atoms with Gasteiger partial charge in [-0.05, 0) is 26.9 Å². The first-order valence-electron chi connectivity index (χ1n) is 6.58. The van der Waals surface area contributed by atoms with E-state index < -0.39 is 0 Å². The topological polar surface area (TPSA) is 67.4 Å². The minimum absolute atomic E-state index is 0.141. The monoisotopic (exact) mass is 267 g/mol. The molecule has 19 heavy (non-hydrogen) atoms. The summed E-state index contributed by atoms with van der Waals surface area (Å²) in [7, 11) is 3.86. The van der Waals surface area contributed by atoms with Gasteiger partial charge in [0.25, 0.3) is 0 Å². The average Bonchev–Trinajstić information content (AvgIpc) is 2.92. The van der Waals surface area contributed by atoms with Crippen molar-refractivity contribution in [3.8, 4) is 0 Å². The standard InChI is InChI=1S/C12H21N5O2/c1-5-14(3)10-6-7-16(8-10)12-11(17(18)19)9(2)13-15(12)4/h10H,5-8H2,1-4H3. The van der Waals surface area contributed by atoms with Gasteiger partial charge in [-0.25, -0.2) is 4.68 Å².